The molecule has 2 nitrogen and oxygen atoms in total. The molecule has 0 radical (unpaired) electrons. The van der Waals surface area contributed by atoms with Crippen LogP contribution in [0.1, 0.15) is 43.7 Å². The summed E-state index contributed by atoms with van der Waals surface area (Å²) in [5.41, 5.74) is 1.27. The van der Waals surface area contributed by atoms with E-state index in [1.807, 2.05) is 13.1 Å². The van der Waals surface area contributed by atoms with Crippen LogP contribution >= 0.6 is 0 Å². The molecule has 0 atom stereocenters. The number of rotatable bonds is 2. The molecule has 1 aliphatic rings. The molecule has 0 saturated heterocycles. The third kappa shape index (κ3) is 2.06. The molecular weight excluding hydrogens is 172 g/mol. The van der Waals surface area contributed by atoms with Crippen molar-refractivity contribution in [2.24, 2.45) is 0 Å². The second-order valence-electron chi connectivity index (χ2n) is 4.03. The highest BCUT2D eigenvalue weighted by Crippen LogP contribution is 2.31. The maximum Gasteiger partial charge on any atom is 0.125 e. The van der Waals surface area contributed by atoms with Gasteiger partial charge in [-0.2, -0.15) is 0 Å². The minimum absolute atomic E-state index is 0.706. The monoisotopic (exact) mass is 190 g/mol. The molecule has 1 aromatic heterocycles. The molecule has 1 saturated carbocycles. The van der Waals surface area contributed by atoms with Gasteiger partial charge in [-0.05, 0) is 25.0 Å². The van der Waals surface area contributed by atoms with E-state index in [2.05, 4.69) is 22.4 Å². The summed E-state index contributed by atoms with van der Waals surface area (Å²) in [7, 11) is 1.92. The van der Waals surface area contributed by atoms with Gasteiger partial charge in [-0.3, -0.25) is 0 Å². The first-order chi connectivity index (χ1) is 6.90. The number of nitrogens with zero attached hydrogens (tertiary/aromatic N) is 1. The molecular formula is C12H18N2. The minimum atomic E-state index is 0.706. The predicted octanol–water partition coefficient (Wildman–Crippen LogP) is 3.17. The lowest BCUT2D eigenvalue weighted by Gasteiger charge is -2.21. The van der Waals surface area contributed by atoms with Crippen LogP contribution in [-0.4, -0.2) is 12.0 Å². The number of nitrogens with one attached hydrogen (secondary N) is 1. The third-order valence-corrected chi connectivity index (χ3v) is 3.05. The van der Waals surface area contributed by atoms with Gasteiger partial charge in [0.1, 0.15) is 5.82 Å². The zero-order valence-corrected chi connectivity index (χ0v) is 8.79. The van der Waals surface area contributed by atoms with E-state index in [9.17, 15) is 0 Å². The van der Waals surface area contributed by atoms with Crippen molar-refractivity contribution in [1.29, 1.82) is 0 Å². The van der Waals surface area contributed by atoms with E-state index in [0.29, 0.717) is 5.92 Å². The highest BCUT2D eigenvalue weighted by Gasteiger charge is 2.16. The molecule has 1 aliphatic carbocycles. The Morgan fingerprint density at radius 2 is 2.00 bits per heavy atom. The van der Waals surface area contributed by atoms with Gasteiger partial charge in [-0.15, -0.1) is 0 Å². The van der Waals surface area contributed by atoms with Gasteiger partial charge >= 0.3 is 0 Å². The van der Waals surface area contributed by atoms with Gasteiger partial charge in [-0.25, -0.2) is 4.98 Å². The lowest BCUT2D eigenvalue weighted by atomic mass is 9.87. The predicted molar refractivity (Wildman–Crippen MR) is 59.6 cm³/mol. The van der Waals surface area contributed by atoms with Gasteiger partial charge in [0, 0.05) is 18.7 Å². The average Bonchev–Trinajstić information content (AvgIpc) is 2.30. The molecule has 1 heterocycles. The van der Waals surface area contributed by atoms with Crippen molar-refractivity contribution < 1.29 is 0 Å². The van der Waals surface area contributed by atoms with Gasteiger partial charge < -0.3 is 5.32 Å². The number of anilines is 1. The molecule has 2 heteroatoms. The molecule has 0 aromatic carbocycles. The maximum atomic E-state index is 4.60. The fourth-order valence-electron chi connectivity index (χ4n) is 2.22. The number of pyridine rings is 1. The van der Waals surface area contributed by atoms with Gasteiger partial charge in [0.15, 0.2) is 0 Å². The molecule has 0 spiro atoms. The Morgan fingerprint density at radius 1 is 1.21 bits per heavy atom. The Kier molecular flexibility index (Phi) is 3.02. The Labute approximate surface area is 85.7 Å². The Balaban J connectivity index is 2.13. The lowest BCUT2D eigenvalue weighted by molar-refractivity contribution is 0.437. The van der Waals surface area contributed by atoms with E-state index in [1.165, 1.54) is 37.8 Å². The molecule has 0 amide bonds. The van der Waals surface area contributed by atoms with Crippen molar-refractivity contribution in [2.75, 3.05) is 12.4 Å². The van der Waals surface area contributed by atoms with E-state index in [0.717, 1.165) is 5.82 Å². The standard InChI is InChI=1S/C12H18N2/c1-13-12-9-5-8-11(14-12)10-6-3-2-4-7-10/h5,8-10H,2-4,6-7H2,1H3,(H,13,14). The minimum Gasteiger partial charge on any atom is -0.373 e. The van der Waals surface area contributed by atoms with Crippen molar-refractivity contribution >= 4 is 5.82 Å². The summed E-state index contributed by atoms with van der Waals surface area (Å²) >= 11 is 0. The van der Waals surface area contributed by atoms with E-state index in [4.69, 9.17) is 0 Å². The van der Waals surface area contributed by atoms with E-state index in [1.54, 1.807) is 0 Å². The van der Waals surface area contributed by atoms with Crippen LogP contribution in [0.25, 0.3) is 0 Å². The fourth-order valence-corrected chi connectivity index (χ4v) is 2.22. The second kappa shape index (κ2) is 4.45. The second-order valence-corrected chi connectivity index (χ2v) is 4.03. The maximum absolute atomic E-state index is 4.60. The molecule has 2 rings (SSSR count). The number of hydrogen-bond donors (Lipinski definition) is 1. The summed E-state index contributed by atoms with van der Waals surface area (Å²) in [5.74, 6) is 1.70. The van der Waals surface area contributed by atoms with Gasteiger partial charge in [-0.1, -0.05) is 25.3 Å². The molecule has 0 bridgehead atoms. The largest absolute Gasteiger partial charge is 0.373 e. The van der Waals surface area contributed by atoms with Crippen LogP contribution in [0.15, 0.2) is 18.2 Å². The quantitative estimate of drug-likeness (QED) is 0.774. The first kappa shape index (κ1) is 9.50. The van der Waals surface area contributed by atoms with E-state index < -0.39 is 0 Å². The van der Waals surface area contributed by atoms with Crippen LogP contribution in [-0.2, 0) is 0 Å². The van der Waals surface area contributed by atoms with Crippen LogP contribution in [0.5, 0.6) is 0 Å². The van der Waals surface area contributed by atoms with Gasteiger partial charge in [0.25, 0.3) is 0 Å². The molecule has 0 aliphatic heterocycles. The zero-order valence-electron chi connectivity index (χ0n) is 8.79. The Morgan fingerprint density at radius 3 is 2.71 bits per heavy atom. The van der Waals surface area contributed by atoms with Gasteiger partial charge in [0.2, 0.25) is 0 Å². The Hall–Kier alpha value is -1.05. The van der Waals surface area contributed by atoms with Crippen molar-refractivity contribution in [1.82, 2.24) is 4.98 Å². The SMILES string of the molecule is CNc1cccc(C2CCCCC2)n1. The summed E-state index contributed by atoms with van der Waals surface area (Å²) in [6.07, 6.45) is 6.79. The van der Waals surface area contributed by atoms with Crippen LogP contribution in [0.2, 0.25) is 0 Å². The highest BCUT2D eigenvalue weighted by atomic mass is 15.0. The molecule has 1 fully saturated rings. The zero-order chi connectivity index (χ0) is 9.80. The molecule has 14 heavy (non-hydrogen) atoms. The Bertz CT molecular complexity index is 290. The van der Waals surface area contributed by atoms with Crippen LogP contribution in [0.4, 0.5) is 5.82 Å². The van der Waals surface area contributed by atoms with Crippen molar-refractivity contribution in [2.45, 2.75) is 38.0 Å². The number of aromatic nitrogens is 1. The first-order valence-corrected chi connectivity index (χ1v) is 5.55. The van der Waals surface area contributed by atoms with E-state index >= 15 is 0 Å². The van der Waals surface area contributed by atoms with Crippen molar-refractivity contribution in [3.63, 3.8) is 0 Å². The van der Waals surface area contributed by atoms with Crippen molar-refractivity contribution in [3.05, 3.63) is 23.9 Å². The normalized spacial score (nSPS) is 18.1. The molecule has 76 valence electrons. The average molecular weight is 190 g/mol. The summed E-state index contributed by atoms with van der Waals surface area (Å²) in [5, 5.41) is 3.10. The lowest BCUT2D eigenvalue weighted by Crippen LogP contribution is -2.07. The van der Waals surface area contributed by atoms with E-state index in [-0.39, 0.29) is 0 Å². The highest BCUT2D eigenvalue weighted by molar-refractivity contribution is 5.35. The van der Waals surface area contributed by atoms with Gasteiger partial charge in [0.05, 0.1) is 0 Å². The molecule has 1 aromatic rings. The molecule has 1 N–H and O–H groups in total. The first-order valence-electron chi connectivity index (χ1n) is 5.55. The molecule has 0 unspecified atom stereocenters. The smallest absolute Gasteiger partial charge is 0.125 e. The summed E-state index contributed by atoms with van der Waals surface area (Å²) < 4.78 is 0. The van der Waals surface area contributed by atoms with Crippen LogP contribution in [0, 0.1) is 0 Å². The summed E-state index contributed by atoms with van der Waals surface area (Å²) in [4.78, 5) is 4.60. The van der Waals surface area contributed by atoms with Crippen LogP contribution in [0.3, 0.4) is 0 Å². The van der Waals surface area contributed by atoms with Crippen LogP contribution < -0.4 is 5.32 Å². The summed E-state index contributed by atoms with van der Waals surface area (Å²) in [6, 6.07) is 6.28. The topological polar surface area (TPSA) is 24.9 Å². The van der Waals surface area contributed by atoms with Crippen molar-refractivity contribution in [3.8, 4) is 0 Å². The number of hydrogen-bond acceptors (Lipinski definition) is 2. The fraction of sp³-hybridized carbons (Fsp3) is 0.583. The third-order valence-electron chi connectivity index (χ3n) is 3.05. The summed E-state index contributed by atoms with van der Waals surface area (Å²) in [6.45, 7) is 0.